The van der Waals surface area contributed by atoms with Crippen LogP contribution in [-0.4, -0.2) is 62.0 Å². The Morgan fingerprint density at radius 2 is 1.69 bits per heavy atom. The monoisotopic (exact) mass is 691 g/mol. The first-order valence-electron chi connectivity index (χ1n) is 17.9. The molecule has 3 aromatic heterocycles. The number of fused-ring (bicyclic) bond motifs is 2. The minimum Gasteiger partial charge on any atom is -0.481 e. The van der Waals surface area contributed by atoms with Crippen molar-refractivity contribution in [2.24, 2.45) is 5.41 Å². The molecule has 2 aliphatic heterocycles. The van der Waals surface area contributed by atoms with Gasteiger partial charge in [0.15, 0.2) is 11.4 Å². The van der Waals surface area contributed by atoms with Crippen LogP contribution in [0.5, 0.6) is 0 Å². The predicted octanol–water partition coefficient (Wildman–Crippen LogP) is 8.23. The third-order valence-electron chi connectivity index (χ3n) is 10.8. The third-order valence-corrected chi connectivity index (χ3v) is 10.8. The van der Waals surface area contributed by atoms with Gasteiger partial charge in [0, 0.05) is 48.7 Å². The summed E-state index contributed by atoms with van der Waals surface area (Å²) in [6.07, 6.45) is 6.93. The van der Waals surface area contributed by atoms with Crippen LogP contribution in [-0.2, 0) is 17.9 Å². The van der Waals surface area contributed by atoms with Gasteiger partial charge in [-0.1, -0.05) is 24.3 Å². The van der Waals surface area contributed by atoms with Gasteiger partial charge in [0.1, 0.15) is 17.1 Å². The van der Waals surface area contributed by atoms with Gasteiger partial charge >= 0.3 is 5.97 Å². The minimum atomic E-state index is -0.777. The van der Waals surface area contributed by atoms with Gasteiger partial charge in [0.2, 0.25) is 5.89 Å². The van der Waals surface area contributed by atoms with Crippen LogP contribution in [0.25, 0.3) is 44.6 Å². The first-order valence-corrected chi connectivity index (χ1v) is 17.9. The number of carboxylic acids is 1. The van der Waals surface area contributed by atoms with E-state index >= 15 is 0 Å². The Bertz CT molecular complexity index is 2390. The second-order valence-corrected chi connectivity index (χ2v) is 14.6. The molecule has 52 heavy (non-hydrogen) atoms. The number of nitrogens with one attached hydrogen (secondary N) is 1. The van der Waals surface area contributed by atoms with Gasteiger partial charge in [-0.3, -0.25) is 19.6 Å². The lowest BCUT2D eigenvalue weighted by Crippen LogP contribution is -2.31. The fourth-order valence-electron chi connectivity index (χ4n) is 7.84. The van der Waals surface area contributed by atoms with Gasteiger partial charge < -0.3 is 14.8 Å². The number of anilines is 2. The largest absolute Gasteiger partial charge is 0.481 e. The summed E-state index contributed by atoms with van der Waals surface area (Å²) in [7, 11) is 0. The van der Waals surface area contributed by atoms with Crippen LogP contribution in [0.15, 0.2) is 77.5 Å². The van der Waals surface area contributed by atoms with Crippen molar-refractivity contribution in [3.05, 3.63) is 101 Å². The van der Waals surface area contributed by atoms with E-state index in [-0.39, 0.29) is 0 Å². The number of oxazole rings is 1. The molecule has 2 saturated heterocycles. The molecule has 262 valence electrons. The summed E-state index contributed by atoms with van der Waals surface area (Å²) in [5, 5.41) is 24.4. The average Bonchev–Trinajstić information content (AvgIpc) is 3.90. The van der Waals surface area contributed by atoms with E-state index in [0.717, 1.165) is 75.4 Å². The van der Waals surface area contributed by atoms with Gasteiger partial charge in [0.25, 0.3) is 0 Å². The van der Waals surface area contributed by atoms with E-state index in [4.69, 9.17) is 14.4 Å². The Balaban J connectivity index is 1.07. The third kappa shape index (κ3) is 6.27. The van der Waals surface area contributed by atoms with E-state index in [1.807, 2.05) is 48.8 Å². The van der Waals surface area contributed by atoms with Crippen LogP contribution in [0.2, 0.25) is 0 Å². The predicted molar refractivity (Wildman–Crippen MR) is 202 cm³/mol. The number of hydrogen-bond acceptors (Lipinski definition) is 9. The van der Waals surface area contributed by atoms with E-state index < -0.39 is 11.4 Å². The van der Waals surface area contributed by atoms with Gasteiger partial charge in [-0.15, -0.1) is 0 Å². The normalized spacial score (nSPS) is 18.0. The second kappa shape index (κ2) is 13.5. The molecule has 1 atom stereocenters. The van der Waals surface area contributed by atoms with Crippen molar-refractivity contribution in [1.82, 2.24) is 24.8 Å². The Morgan fingerprint density at radius 1 is 0.942 bits per heavy atom. The molecule has 2 fully saturated rings. The zero-order valence-corrected chi connectivity index (χ0v) is 29.7. The van der Waals surface area contributed by atoms with Crippen LogP contribution >= 0.6 is 0 Å². The van der Waals surface area contributed by atoms with Gasteiger partial charge in [0.05, 0.1) is 11.0 Å². The van der Waals surface area contributed by atoms with Crippen molar-refractivity contribution >= 4 is 39.5 Å². The Kier molecular flexibility index (Phi) is 8.69. The summed E-state index contributed by atoms with van der Waals surface area (Å²) in [4.78, 5) is 30.8. The first-order chi connectivity index (χ1) is 25.2. The fraction of sp³-hybridized carbons (Fsp3) is 0.310. The molecular weight excluding hydrogens is 651 g/mol. The number of benzene rings is 3. The molecule has 0 amide bonds. The highest BCUT2D eigenvalue weighted by atomic mass is 16.4. The number of pyridine rings is 2. The number of carboxylic acid groups (broad SMARTS) is 1. The molecule has 1 unspecified atom stereocenters. The van der Waals surface area contributed by atoms with E-state index in [1.165, 1.54) is 18.4 Å². The molecule has 2 N–H and O–H groups in total. The number of aromatic nitrogens is 3. The first kappa shape index (κ1) is 33.5. The summed E-state index contributed by atoms with van der Waals surface area (Å²) >= 11 is 0. The van der Waals surface area contributed by atoms with Crippen LogP contribution in [0.3, 0.4) is 0 Å². The summed E-state index contributed by atoms with van der Waals surface area (Å²) in [6.45, 7) is 10.9. The molecule has 5 heterocycles. The van der Waals surface area contributed by atoms with Crippen molar-refractivity contribution in [3.63, 3.8) is 0 Å². The molecule has 0 saturated carbocycles. The molecule has 10 nitrogen and oxygen atoms in total. The summed E-state index contributed by atoms with van der Waals surface area (Å²) < 4.78 is 6.30. The second-order valence-electron chi connectivity index (χ2n) is 14.6. The number of likely N-dealkylation sites (tertiary alicyclic amines) is 2. The lowest BCUT2D eigenvalue weighted by Gasteiger charge is -2.20. The van der Waals surface area contributed by atoms with E-state index in [1.54, 1.807) is 6.92 Å². The van der Waals surface area contributed by atoms with Gasteiger partial charge in [-0.2, -0.15) is 5.26 Å². The van der Waals surface area contributed by atoms with Crippen molar-refractivity contribution in [3.8, 4) is 28.7 Å². The SMILES string of the molecule is Cc1c(Nc2nccc3cc(CN4CCCC4)cnc23)cccc1-c1cccc(-c2nc3cc(CN4CCC(C)(C(=O)O)C4)cc(C#N)c3o2)c1C. The quantitative estimate of drug-likeness (QED) is 0.153. The molecule has 0 radical (unpaired) electrons. The molecule has 0 bridgehead atoms. The summed E-state index contributed by atoms with van der Waals surface area (Å²) in [5.74, 6) is 0.390. The molecule has 0 spiro atoms. The molecule has 3 aromatic carbocycles. The number of carbonyl (C=O) groups is 1. The molecule has 0 aliphatic carbocycles. The van der Waals surface area contributed by atoms with Crippen molar-refractivity contribution in [2.45, 2.75) is 53.1 Å². The van der Waals surface area contributed by atoms with Crippen molar-refractivity contribution in [2.75, 3.05) is 31.5 Å². The van der Waals surface area contributed by atoms with Crippen molar-refractivity contribution < 1.29 is 14.3 Å². The maximum absolute atomic E-state index is 11.8. The highest BCUT2D eigenvalue weighted by molar-refractivity contribution is 5.91. The van der Waals surface area contributed by atoms with Gasteiger partial charge in [-0.05, 0) is 129 Å². The highest BCUT2D eigenvalue weighted by Crippen LogP contribution is 2.38. The molecule has 6 aromatic rings. The maximum Gasteiger partial charge on any atom is 0.310 e. The van der Waals surface area contributed by atoms with E-state index in [9.17, 15) is 15.2 Å². The van der Waals surface area contributed by atoms with Crippen LogP contribution in [0.1, 0.15) is 54.0 Å². The molecule has 2 aliphatic rings. The van der Waals surface area contributed by atoms with E-state index in [2.05, 4.69) is 64.3 Å². The highest BCUT2D eigenvalue weighted by Gasteiger charge is 2.40. The standard InChI is InChI=1S/C42H41N7O3/c1-26-32(33-9-7-11-35(27(33)2)46-39-37-30(12-14-44-39)19-29(22-45-37)24-48-15-4-5-16-48)8-6-10-34(26)40-47-36-20-28(18-31(21-43)38(36)52-40)23-49-17-13-42(3,25-49)41(50)51/h6-12,14,18-20,22H,4-5,13,15-17,23-25H2,1-3H3,(H,44,46)(H,50,51). The smallest absolute Gasteiger partial charge is 0.310 e. The number of nitriles is 1. The van der Waals surface area contributed by atoms with E-state index in [0.29, 0.717) is 48.6 Å². The number of nitrogens with zero attached hydrogens (tertiary/aromatic N) is 6. The number of hydrogen-bond donors (Lipinski definition) is 2. The van der Waals surface area contributed by atoms with Crippen molar-refractivity contribution in [1.29, 1.82) is 5.26 Å². The van der Waals surface area contributed by atoms with Crippen LogP contribution in [0, 0.1) is 30.6 Å². The average molecular weight is 692 g/mol. The molecule has 10 heteroatoms. The number of rotatable bonds is 9. The summed E-state index contributed by atoms with van der Waals surface area (Å²) in [5.41, 5.74) is 9.65. The fourth-order valence-corrected chi connectivity index (χ4v) is 7.84. The Labute approximate surface area is 302 Å². The lowest BCUT2D eigenvalue weighted by atomic mass is 9.90. The molecular formula is C42H41N7O3. The maximum atomic E-state index is 11.8. The minimum absolute atomic E-state index is 0.411. The topological polar surface area (TPSA) is 131 Å². The van der Waals surface area contributed by atoms with Gasteiger partial charge in [-0.25, -0.2) is 9.97 Å². The summed E-state index contributed by atoms with van der Waals surface area (Å²) in [6, 6.07) is 22.6. The zero-order chi connectivity index (χ0) is 36.0. The van der Waals surface area contributed by atoms with Crippen LogP contribution < -0.4 is 5.32 Å². The Morgan fingerprint density at radius 3 is 2.46 bits per heavy atom. The number of aliphatic carboxylic acids is 1. The zero-order valence-electron chi connectivity index (χ0n) is 29.7. The molecule has 8 rings (SSSR count). The Hall–Kier alpha value is -5.63. The lowest BCUT2D eigenvalue weighted by molar-refractivity contribution is -0.147. The van der Waals surface area contributed by atoms with Crippen LogP contribution in [0.4, 0.5) is 11.5 Å².